The molecule has 0 bridgehead atoms. The Morgan fingerprint density at radius 1 is 1.53 bits per heavy atom. The second-order valence-corrected chi connectivity index (χ2v) is 3.30. The van der Waals surface area contributed by atoms with Crippen molar-refractivity contribution in [1.82, 2.24) is 0 Å². The molecule has 1 N–H and O–H groups in total. The number of nitrogens with zero attached hydrogens (tertiary/aromatic N) is 1. The Hall–Kier alpha value is -1.82. The second-order valence-electron chi connectivity index (χ2n) is 2.89. The summed E-state index contributed by atoms with van der Waals surface area (Å²) < 4.78 is 5.01. The van der Waals surface area contributed by atoms with Crippen LogP contribution in [0.25, 0.3) is 0 Å². The summed E-state index contributed by atoms with van der Waals surface area (Å²) in [7, 11) is 0. The van der Waals surface area contributed by atoms with E-state index < -0.39 is 4.92 Å². The van der Waals surface area contributed by atoms with Gasteiger partial charge in [-0.2, -0.15) is 0 Å². The zero-order chi connectivity index (χ0) is 11.0. The molecule has 78 valence electrons. The topological polar surface area (TPSA) is 81.5 Å². The van der Waals surface area contributed by atoms with Gasteiger partial charge >= 0.3 is 0 Å². The number of rotatable bonds is 1. The maximum absolute atomic E-state index is 10.9. The van der Waals surface area contributed by atoms with E-state index in [1.54, 1.807) is 0 Å². The van der Waals surface area contributed by atoms with E-state index in [0.29, 0.717) is 5.69 Å². The van der Waals surface area contributed by atoms with E-state index in [-0.39, 0.29) is 29.0 Å². The highest BCUT2D eigenvalue weighted by atomic mass is 35.5. The number of ether oxygens (including phenoxy) is 1. The smallest absolute Gasteiger partial charge is 0.291 e. The molecule has 0 aromatic heterocycles. The van der Waals surface area contributed by atoms with Crippen LogP contribution in [-0.4, -0.2) is 17.4 Å². The van der Waals surface area contributed by atoms with Crippen LogP contribution < -0.4 is 10.1 Å². The Balaban J connectivity index is 2.50. The summed E-state index contributed by atoms with van der Waals surface area (Å²) in [5, 5.41) is 13.0. The van der Waals surface area contributed by atoms with Crippen molar-refractivity contribution < 1.29 is 14.5 Å². The standard InChI is InChI=1S/C8H5ClN2O4/c9-4-1-5-7(2-6(4)11(13)14)15-3-8(12)10-5/h1-2H,3H2,(H,10,12). The van der Waals surface area contributed by atoms with Crippen LogP contribution in [0, 0.1) is 10.1 Å². The predicted octanol–water partition coefficient (Wildman–Crippen LogP) is 1.58. The van der Waals surface area contributed by atoms with Gasteiger partial charge in [0.1, 0.15) is 5.02 Å². The quantitative estimate of drug-likeness (QED) is 0.584. The van der Waals surface area contributed by atoms with E-state index in [0.717, 1.165) is 0 Å². The van der Waals surface area contributed by atoms with Gasteiger partial charge in [0, 0.05) is 0 Å². The minimum absolute atomic E-state index is 0.0375. The van der Waals surface area contributed by atoms with Gasteiger partial charge in [-0.25, -0.2) is 0 Å². The third-order valence-corrected chi connectivity index (χ3v) is 2.18. The van der Waals surface area contributed by atoms with Crippen molar-refractivity contribution >= 4 is 28.9 Å². The highest BCUT2D eigenvalue weighted by Gasteiger charge is 2.22. The summed E-state index contributed by atoms with van der Waals surface area (Å²) >= 11 is 5.66. The maximum Gasteiger partial charge on any atom is 0.291 e. The number of amides is 1. The summed E-state index contributed by atoms with van der Waals surface area (Å²) in [6, 6.07) is 2.49. The first-order chi connectivity index (χ1) is 7.08. The predicted molar refractivity (Wildman–Crippen MR) is 52.2 cm³/mol. The molecule has 2 rings (SSSR count). The summed E-state index contributed by atoms with van der Waals surface area (Å²) in [6.07, 6.45) is 0. The van der Waals surface area contributed by atoms with Crippen LogP contribution in [0.2, 0.25) is 5.02 Å². The van der Waals surface area contributed by atoms with Crippen LogP contribution in [-0.2, 0) is 4.79 Å². The zero-order valence-corrected chi connectivity index (χ0v) is 8.08. The Kier molecular flexibility index (Phi) is 2.20. The third kappa shape index (κ3) is 1.71. The maximum atomic E-state index is 10.9. The molecule has 0 atom stereocenters. The Morgan fingerprint density at radius 3 is 2.93 bits per heavy atom. The fourth-order valence-corrected chi connectivity index (χ4v) is 1.46. The van der Waals surface area contributed by atoms with Crippen molar-refractivity contribution in [2.75, 3.05) is 11.9 Å². The van der Waals surface area contributed by atoms with Gasteiger partial charge in [-0.05, 0) is 6.07 Å². The molecular formula is C8H5ClN2O4. The molecule has 7 heteroatoms. The fourth-order valence-electron chi connectivity index (χ4n) is 1.23. The number of anilines is 1. The lowest BCUT2D eigenvalue weighted by molar-refractivity contribution is -0.384. The SMILES string of the molecule is O=C1COc2cc([N+](=O)[O-])c(Cl)cc2N1. The van der Waals surface area contributed by atoms with E-state index >= 15 is 0 Å². The van der Waals surface area contributed by atoms with Crippen LogP contribution in [0.15, 0.2) is 12.1 Å². The zero-order valence-electron chi connectivity index (χ0n) is 7.32. The number of fused-ring (bicyclic) bond motifs is 1. The molecule has 0 unspecified atom stereocenters. The highest BCUT2D eigenvalue weighted by Crippen LogP contribution is 2.37. The first-order valence-electron chi connectivity index (χ1n) is 3.98. The number of carbonyl (C=O) groups is 1. The van der Waals surface area contributed by atoms with E-state index in [1.807, 2.05) is 0 Å². The van der Waals surface area contributed by atoms with E-state index in [1.165, 1.54) is 12.1 Å². The van der Waals surface area contributed by atoms with Crippen LogP contribution in [0.1, 0.15) is 0 Å². The molecule has 1 aliphatic rings. The Labute approximate surface area is 88.9 Å². The Bertz CT molecular complexity index is 460. The monoisotopic (exact) mass is 228 g/mol. The van der Waals surface area contributed by atoms with Crippen LogP contribution in [0.3, 0.4) is 0 Å². The van der Waals surface area contributed by atoms with Gasteiger partial charge in [0.25, 0.3) is 11.6 Å². The molecule has 1 aromatic carbocycles. The van der Waals surface area contributed by atoms with Crippen LogP contribution >= 0.6 is 11.6 Å². The van der Waals surface area contributed by atoms with E-state index in [2.05, 4.69) is 5.32 Å². The summed E-state index contributed by atoms with van der Waals surface area (Å²) in [5.41, 5.74) is 0.105. The molecule has 15 heavy (non-hydrogen) atoms. The van der Waals surface area contributed by atoms with E-state index in [4.69, 9.17) is 16.3 Å². The molecule has 0 spiro atoms. The Morgan fingerprint density at radius 2 is 2.27 bits per heavy atom. The summed E-state index contributed by atoms with van der Waals surface area (Å²) in [5.74, 6) is -0.0573. The number of nitro groups is 1. The summed E-state index contributed by atoms with van der Waals surface area (Å²) in [6.45, 7) is -0.147. The fraction of sp³-hybridized carbons (Fsp3) is 0.125. The molecule has 6 nitrogen and oxygen atoms in total. The van der Waals surface area contributed by atoms with Crippen LogP contribution in [0.4, 0.5) is 11.4 Å². The molecule has 1 heterocycles. The minimum atomic E-state index is -0.609. The van der Waals surface area contributed by atoms with Gasteiger partial charge in [0.15, 0.2) is 12.4 Å². The number of halogens is 1. The van der Waals surface area contributed by atoms with Crippen molar-refractivity contribution in [3.05, 3.63) is 27.3 Å². The molecule has 0 fully saturated rings. The first-order valence-corrected chi connectivity index (χ1v) is 4.36. The average Bonchev–Trinajstić information content (AvgIpc) is 2.15. The lowest BCUT2D eigenvalue weighted by Gasteiger charge is -2.17. The van der Waals surface area contributed by atoms with Gasteiger partial charge in [-0.1, -0.05) is 11.6 Å². The molecule has 0 saturated heterocycles. The first kappa shape index (κ1) is 9.72. The van der Waals surface area contributed by atoms with Gasteiger partial charge in [-0.15, -0.1) is 0 Å². The highest BCUT2D eigenvalue weighted by molar-refractivity contribution is 6.33. The minimum Gasteiger partial charge on any atom is -0.481 e. The molecular weight excluding hydrogens is 224 g/mol. The summed E-state index contributed by atoms with van der Waals surface area (Å²) in [4.78, 5) is 20.9. The molecule has 1 aromatic rings. The average molecular weight is 229 g/mol. The van der Waals surface area contributed by atoms with Gasteiger partial charge < -0.3 is 10.1 Å². The third-order valence-electron chi connectivity index (χ3n) is 1.88. The second kappa shape index (κ2) is 3.39. The molecule has 0 radical (unpaired) electrons. The van der Waals surface area contributed by atoms with Crippen molar-refractivity contribution in [3.8, 4) is 5.75 Å². The van der Waals surface area contributed by atoms with Crippen molar-refractivity contribution in [3.63, 3.8) is 0 Å². The van der Waals surface area contributed by atoms with Crippen LogP contribution in [0.5, 0.6) is 5.75 Å². The molecule has 1 amide bonds. The van der Waals surface area contributed by atoms with Gasteiger partial charge in [0.2, 0.25) is 0 Å². The number of hydrogen-bond acceptors (Lipinski definition) is 4. The molecule has 0 aliphatic carbocycles. The van der Waals surface area contributed by atoms with Gasteiger partial charge in [-0.3, -0.25) is 14.9 Å². The number of nitro benzene ring substituents is 1. The van der Waals surface area contributed by atoms with Crippen molar-refractivity contribution in [2.24, 2.45) is 0 Å². The molecule has 1 aliphatic heterocycles. The largest absolute Gasteiger partial charge is 0.481 e. The van der Waals surface area contributed by atoms with Gasteiger partial charge in [0.05, 0.1) is 16.7 Å². The van der Waals surface area contributed by atoms with E-state index in [9.17, 15) is 14.9 Å². The molecule has 0 saturated carbocycles. The van der Waals surface area contributed by atoms with Crippen molar-refractivity contribution in [1.29, 1.82) is 0 Å². The normalized spacial score (nSPS) is 13.8. The number of benzene rings is 1. The number of nitrogens with one attached hydrogen (secondary N) is 1. The van der Waals surface area contributed by atoms with Crippen molar-refractivity contribution in [2.45, 2.75) is 0 Å². The lowest BCUT2D eigenvalue weighted by atomic mass is 10.2. The lowest BCUT2D eigenvalue weighted by Crippen LogP contribution is -2.25. The number of hydrogen-bond donors (Lipinski definition) is 1. The number of carbonyl (C=O) groups excluding carboxylic acids is 1.